The summed E-state index contributed by atoms with van der Waals surface area (Å²) in [5.41, 5.74) is 0.933. The molecule has 110 valence electrons. The number of hydrogen-bond acceptors (Lipinski definition) is 3. The number of alkyl carbamates (subject to hydrolysis) is 1. The zero-order valence-corrected chi connectivity index (χ0v) is 12.0. The minimum absolute atomic E-state index is 0.0647. The van der Waals surface area contributed by atoms with Gasteiger partial charge < -0.3 is 15.4 Å². The van der Waals surface area contributed by atoms with Gasteiger partial charge in [0.25, 0.3) is 0 Å². The van der Waals surface area contributed by atoms with Gasteiger partial charge in [-0.3, -0.25) is 4.79 Å². The van der Waals surface area contributed by atoms with Crippen molar-refractivity contribution in [3.05, 3.63) is 35.9 Å². The number of alkyl halides is 1. The van der Waals surface area contributed by atoms with Crippen molar-refractivity contribution in [3.63, 3.8) is 0 Å². The van der Waals surface area contributed by atoms with Crippen LogP contribution in [-0.4, -0.2) is 31.0 Å². The topological polar surface area (TPSA) is 67.4 Å². The predicted octanol–water partition coefficient (Wildman–Crippen LogP) is 2.05. The van der Waals surface area contributed by atoms with E-state index >= 15 is 0 Å². The molecule has 0 unspecified atom stereocenters. The van der Waals surface area contributed by atoms with Crippen LogP contribution in [0.3, 0.4) is 0 Å². The van der Waals surface area contributed by atoms with Crippen LogP contribution in [0.1, 0.15) is 18.4 Å². The normalized spacial score (nSPS) is 9.85. The number of ether oxygens (including phenoxy) is 1. The maximum absolute atomic E-state index is 11.4. The van der Waals surface area contributed by atoms with E-state index in [4.69, 9.17) is 16.3 Å². The second kappa shape index (κ2) is 10.1. The number of carbonyl (C=O) groups is 2. The van der Waals surface area contributed by atoms with Gasteiger partial charge in [0.2, 0.25) is 5.91 Å². The quantitative estimate of drug-likeness (QED) is 0.570. The van der Waals surface area contributed by atoms with E-state index in [-0.39, 0.29) is 12.5 Å². The van der Waals surface area contributed by atoms with E-state index in [1.807, 2.05) is 30.3 Å². The molecule has 5 nitrogen and oxygen atoms in total. The molecule has 1 aromatic rings. The summed E-state index contributed by atoms with van der Waals surface area (Å²) in [7, 11) is 0. The van der Waals surface area contributed by atoms with Gasteiger partial charge in [0.05, 0.1) is 0 Å². The average molecular weight is 299 g/mol. The molecule has 0 spiro atoms. The molecule has 0 saturated heterocycles. The van der Waals surface area contributed by atoms with Crippen LogP contribution >= 0.6 is 11.6 Å². The van der Waals surface area contributed by atoms with Crippen molar-refractivity contribution in [2.45, 2.75) is 19.4 Å². The molecule has 0 aromatic heterocycles. The lowest BCUT2D eigenvalue weighted by atomic mass is 10.2. The Kier molecular flexibility index (Phi) is 8.22. The third-order valence-electron chi connectivity index (χ3n) is 2.48. The molecule has 0 bridgehead atoms. The molecule has 20 heavy (non-hydrogen) atoms. The Morgan fingerprint density at radius 2 is 1.85 bits per heavy atom. The van der Waals surface area contributed by atoms with Gasteiger partial charge in [0.15, 0.2) is 0 Å². The second-order valence-electron chi connectivity index (χ2n) is 4.13. The molecule has 0 aliphatic carbocycles. The summed E-state index contributed by atoms with van der Waals surface area (Å²) in [4.78, 5) is 22.6. The van der Waals surface area contributed by atoms with Crippen LogP contribution in [0.2, 0.25) is 0 Å². The van der Waals surface area contributed by atoms with Crippen LogP contribution < -0.4 is 10.6 Å². The van der Waals surface area contributed by atoms with E-state index in [2.05, 4.69) is 10.6 Å². The first-order valence-electron chi connectivity index (χ1n) is 6.49. The van der Waals surface area contributed by atoms with Crippen molar-refractivity contribution in [2.75, 3.05) is 19.0 Å². The molecule has 0 saturated carbocycles. The first kappa shape index (κ1) is 16.3. The number of benzene rings is 1. The number of halogens is 1. The Morgan fingerprint density at radius 3 is 2.55 bits per heavy atom. The standard InChI is InChI=1S/C14H19ClN2O3/c15-8-10-16-13(18)7-4-9-17-14(19)20-11-12-5-2-1-3-6-12/h1-3,5-6H,4,7-11H2,(H,16,18)(H,17,19). The molecular formula is C14H19ClN2O3. The summed E-state index contributed by atoms with van der Waals surface area (Å²) in [5, 5.41) is 5.25. The fourth-order valence-corrected chi connectivity index (χ4v) is 1.58. The van der Waals surface area contributed by atoms with Crippen molar-refractivity contribution in [1.82, 2.24) is 10.6 Å². The molecule has 0 radical (unpaired) electrons. The molecule has 0 fully saturated rings. The van der Waals surface area contributed by atoms with Gasteiger partial charge in [-0.25, -0.2) is 4.79 Å². The van der Waals surface area contributed by atoms with Gasteiger partial charge in [0, 0.05) is 25.4 Å². The average Bonchev–Trinajstić information content (AvgIpc) is 2.48. The second-order valence-corrected chi connectivity index (χ2v) is 4.51. The number of nitrogens with one attached hydrogen (secondary N) is 2. The van der Waals surface area contributed by atoms with Crippen molar-refractivity contribution in [3.8, 4) is 0 Å². The zero-order valence-electron chi connectivity index (χ0n) is 11.2. The van der Waals surface area contributed by atoms with Crippen molar-refractivity contribution in [2.24, 2.45) is 0 Å². The van der Waals surface area contributed by atoms with E-state index in [1.54, 1.807) is 0 Å². The van der Waals surface area contributed by atoms with E-state index < -0.39 is 6.09 Å². The van der Waals surface area contributed by atoms with Gasteiger partial charge in [-0.05, 0) is 12.0 Å². The molecule has 0 aliphatic rings. The van der Waals surface area contributed by atoms with Gasteiger partial charge in [-0.1, -0.05) is 30.3 Å². The summed E-state index contributed by atoms with van der Waals surface area (Å²) in [6.45, 7) is 1.11. The number of carbonyl (C=O) groups excluding carboxylic acids is 2. The highest BCUT2D eigenvalue weighted by Gasteiger charge is 2.03. The van der Waals surface area contributed by atoms with Crippen LogP contribution in [0.25, 0.3) is 0 Å². The summed E-state index contributed by atoms with van der Waals surface area (Å²) in [6.07, 6.45) is 0.444. The van der Waals surface area contributed by atoms with Crippen molar-refractivity contribution < 1.29 is 14.3 Å². The summed E-state index contributed by atoms with van der Waals surface area (Å²) < 4.78 is 5.03. The maximum Gasteiger partial charge on any atom is 0.407 e. The van der Waals surface area contributed by atoms with Crippen molar-refractivity contribution in [1.29, 1.82) is 0 Å². The number of amides is 2. The highest BCUT2D eigenvalue weighted by Crippen LogP contribution is 2.00. The molecule has 0 atom stereocenters. The SMILES string of the molecule is O=C(CCCNC(=O)OCc1ccccc1)NCCCl. The van der Waals surface area contributed by atoms with Gasteiger partial charge in [-0.15, -0.1) is 11.6 Å². The maximum atomic E-state index is 11.4. The Morgan fingerprint density at radius 1 is 1.10 bits per heavy atom. The van der Waals surface area contributed by atoms with Crippen LogP contribution in [0.15, 0.2) is 30.3 Å². The monoisotopic (exact) mass is 298 g/mol. The Balaban J connectivity index is 2.04. The highest BCUT2D eigenvalue weighted by atomic mass is 35.5. The molecule has 2 amide bonds. The van der Waals surface area contributed by atoms with Crippen LogP contribution in [-0.2, 0) is 16.1 Å². The van der Waals surface area contributed by atoms with Crippen LogP contribution in [0.4, 0.5) is 4.79 Å². The fourth-order valence-electron chi connectivity index (χ4n) is 1.49. The van der Waals surface area contributed by atoms with Gasteiger partial charge >= 0.3 is 6.09 Å². The lowest BCUT2D eigenvalue weighted by Gasteiger charge is -2.07. The number of hydrogen-bond donors (Lipinski definition) is 2. The fraction of sp³-hybridized carbons (Fsp3) is 0.429. The summed E-state index contributed by atoms with van der Waals surface area (Å²) in [6, 6.07) is 9.44. The summed E-state index contributed by atoms with van der Waals surface area (Å²) >= 11 is 5.45. The zero-order chi connectivity index (χ0) is 14.6. The Bertz CT molecular complexity index is 412. The van der Waals surface area contributed by atoms with E-state index in [1.165, 1.54) is 0 Å². The molecule has 1 aromatic carbocycles. The first-order chi connectivity index (χ1) is 9.72. The first-order valence-corrected chi connectivity index (χ1v) is 7.03. The Labute approximate surface area is 123 Å². The van der Waals surface area contributed by atoms with Crippen LogP contribution in [0.5, 0.6) is 0 Å². The third-order valence-corrected chi connectivity index (χ3v) is 2.67. The predicted molar refractivity (Wildman–Crippen MR) is 77.6 cm³/mol. The molecule has 0 heterocycles. The minimum Gasteiger partial charge on any atom is -0.445 e. The van der Waals surface area contributed by atoms with E-state index in [0.717, 1.165) is 5.56 Å². The number of rotatable bonds is 8. The smallest absolute Gasteiger partial charge is 0.407 e. The lowest BCUT2D eigenvalue weighted by Crippen LogP contribution is -2.28. The molecule has 2 N–H and O–H groups in total. The molecule has 1 rings (SSSR count). The van der Waals surface area contributed by atoms with E-state index in [0.29, 0.717) is 31.8 Å². The largest absolute Gasteiger partial charge is 0.445 e. The van der Waals surface area contributed by atoms with E-state index in [9.17, 15) is 9.59 Å². The third kappa shape index (κ3) is 7.63. The molecule has 0 aliphatic heterocycles. The van der Waals surface area contributed by atoms with Gasteiger partial charge in [0.1, 0.15) is 6.61 Å². The van der Waals surface area contributed by atoms with Crippen LogP contribution in [0, 0.1) is 0 Å². The van der Waals surface area contributed by atoms with Gasteiger partial charge in [-0.2, -0.15) is 0 Å². The lowest BCUT2D eigenvalue weighted by molar-refractivity contribution is -0.121. The summed E-state index contributed by atoms with van der Waals surface area (Å²) in [5.74, 6) is 0.334. The van der Waals surface area contributed by atoms with Crippen molar-refractivity contribution >= 4 is 23.6 Å². The molecular weight excluding hydrogens is 280 g/mol. The Hall–Kier alpha value is -1.75. The highest BCUT2D eigenvalue weighted by molar-refractivity contribution is 6.18. The minimum atomic E-state index is -0.477. The molecule has 6 heteroatoms.